The van der Waals surface area contributed by atoms with Gasteiger partial charge in [0, 0.05) is 11.4 Å². The summed E-state index contributed by atoms with van der Waals surface area (Å²) in [4.78, 5) is 33.3. The average molecular weight is 365 g/mol. The zero-order chi connectivity index (χ0) is 16.9. The van der Waals surface area contributed by atoms with Crippen molar-refractivity contribution in [2.75, 3.05) is 5.75 Å². The number of hydrogen-bond donors (Lipinski definition) is 1. The van der Waals surface area contributed by atoms with Crippen molar-refractivity contribution >= 4 is 45.2 Å². The largest absolute Gasteiger partial charge is 0.452 e. The Hall–Kier alpha value is -1.67. The third-order valence-corrected chi connectivity index (χ3v) is 5.73. The molecule has 0 unspecified atom stereocenters. The maximum atomic E-state index is 12.0. The van der Waals surface area contributed by atoms with E-state index in [-0.39, 0.29) is 17.7 Å². The molecule has 2 heterocycles. The Morgan fingerprint density at radius 1 is 1.42 bits per heavy atom. The fourth-order valence-corrected chi connectivity index (χ4v) is 4.24. The van der Waals surface area contributed by atoms with Crippen molar-refractivity contribution in [1.82, 2.24) is 15.3 Å². The maximum absolute atomic E-state index is 12.0. The van der Waals surface area contributed by atoms with Gasteiger partial charge in [-0.1, -0.05) is 24.6 Å². The first-order chi connectivity index (χ1) is 11.6. The van der Waals surface area contributed by atoms with E-state index in [0.717, 1.165) is 40.9 Å². The van der Waals surface area contributed by atoms with Gasteiger partial charge in [0.2, 0.25) is 0 Å². The van der Waals surface area contributed by atoms with Gasteiger partial charge in [-0.25, -0.2) is 9.97 Å². The van der Waals surface area contributed by atoms with E-state index >= 15 is 0 Å². The topological polar surface area (TPSA) is 81.2 Å². The molecule has 1 atom stereocenters. The van der Waals surface area contributed by atoms with Crippen LogP contribution < -0.4 is 5.32 Å². The number of fused-ring (bicyclic) bond motifs is 1. The smallest absolute Gasteiger partial charge is 0.317 e. The molecule has 0 spiro atoms. The van der Waals surface area contributed by atoms with Crippen LogP contribution in [0, 0.1) is 0 Å². The van der Waals surface area contributed by atoms with Crippen LogP contribution in [0.4, 0.5) is 0 Å². The molecule has 1 aliphatic carbocycles. The summed E-state index contributed by atoms with van der Waals surface area (Å²) in [7, 11) is 0. The number of esters is 1. The minimum Gasteiger partial charge on any atom is -0.452 e. The van der Waals surface area contributed by atoms with Crippen molar-refractivity contribution in [3.8, 4) is 0 Å². The predicted molar refractivity (Wildman–Crippen MR) is 94.1 cm³/mol. The minimum atomic E-state index is -0.773. The lowest BCUT2D eigenvalue weighted by Crippen LogP contribution is -2.41. The summed E-state index contributed by atoms with van der Waals surface area (Å²) in [6, 6.07) is 2.16. The first-order valence-corrected chi connectivity index (χ1v) is 9.81. The van der Waals surface area contributed by atoms with Crippen LogP contribution in [0.5, 0.6) is 0 Å². The molecule has 6 nitrogen and oxygen atoms in total. The van der Waals surface area contributed by atoms with Crippen molar-refractivity contribution in [2.45, 2.75) is 49.8 Å². The quantitative estimate of drug-likeness (QED) is 0.482. The Morgan fingerprint density at radius 2 is 2.21 bits per heavy atom. The third-order valence-electron chi connectivity index (χ3n) is 3.93. The Balaban J connectivity index is 1.48. The number of nitrogens with one attached hydrogen (secondary N) is 1. The fourth-order valence-electron chi connectivity index (χ4n) is 2.68. The van der Waals surface area contributed by atoms with E-state index < -0.39 is 12.1 Å². The van der Waals surface area contributed by atoms with Crippen LogP contribution >= 0.6 is 23.1 Å². The molecule has 3 rings (SSSR count). The van der Waals surface area contributed by atoms with Gasteiger partial charge < -0.3 is 10.1 Å². The van der Waals surface area contributed by atoms with Gasteiger partial charge in [0.15, 0.2) is 6.10 Å². The van der Waals surface area contributed by atoms with Crippen molar-refractivity contribution in [3.05, 3.63) is 17.8 Å². The van der Waals surface area contributed by atoms with E-state index in [9.17, 15) is 9.59 Å². The number of hydrogen-bond acceptors (Lipinski definition) is 7. The molecular weight excluding hydrogens is 346 g/mol. The zero-order valence-corrected chi connectivity index (χ0v) is 15.0. The third kappa shape index (κ3) is 4.24. The predicted octanol–water partition coefficient (Wildman–Crippen LogP) is 2.77. The van der Waals surface area contributed by atoms with E-state index in [0.29, 0.717) is 0 Å². The highest BCUT2D eigenvalue weighted by atomic mass is 32.2. The number of nitrogens with zero attached hydrogens (tertiary/aromatic N) is 2. The van der Waals surface area contributed by atoms with E-state index in [1.54, 1.807) is 6.92 Å². The number of thiophene rings is 1. The van der Waals surface area contributed by atoms with Crippen LogP contribution in [0.1, 0.15) is 32.6 Å². The molecular formula is C16H19N3O3S2. The monoisotopic (exact) mass is 365 g/mol. The summed E-state index contributed by atoms with van der Waals surface area (Å²) in [6.45, 7) is 1.61. The number of carbonyl (C=O) groups excluding carboxylic acids is 2. The van der Waals surface area contributed by atoms with Crippen LogP contribution in [0.3, 0.4) is 0 Å². The number of amides is 1. The molecule has 0 radical (unpaired) electrons. The van der Waals surface area contributed by atoms with Crippen molar-refractivity contribution < 1.29 is 14.3 Å². The standard InChI is InChI=1S/C16H19N3O3S2/c1-10(14(21)19-11-4-2-3-5-11)22-13(20)8-24-16-12-6-7-23-15(12)17-9-18-16/h6-7,9-11H,2-5,8H2,1H3,(H,19,21)/t10-/m0/s1. The Labute approximate surface area is 148 Å². The van der Waals surface area contributed by atoms with Gasteiger partial charge in [-0.2, -0.15) is 0 Å². The second kappa shape index (κ2) is 7.94. The van der Waals surface area contributed by atoms with Crippen LogP contribution in [-0.2, 0) is 14.3 Å². The Kier molecular flexibility index (Phi) is 5.68. The average Bonchev–Trinajstić information content (AvgIpc) is 3.23. The highest BCUT2D eigenvalue weighted by molar-refractivity contribution is 8.00. The van der Waals surface area contributed by atoms with Crippen LogP contribution in [-0.4, -0.2) is 39.7 Å². The lowest BCUT2D eigenvalue weighted by molar-refractivity contribution is -0.152. The zero-order valence-electron chi connectivity index (χ0n) is 13.4. The second-order valence-corrected chi connectivity index (χ2v) is 7.59. The SMILES string of the molecule is C[C@H](OC(=O)CSc1ncnc2sccc12)C(=O)NC1CCCC1. The minimum absolute atomic E-state index is 0.114. The van der Waals surface area contributed by atoms with Gasteiger partial charge in [-0.15, -0.1) is 11.3 Å². The first-order valence-electron chi connectivity index (χ1n) is 7.94. The van der Waals surface area contributed by atoms with E-state index in [1.165, 1.54) is 29.4 Å². The van der Waals surface area contributed by atoms with Crippen molar-refractivity contribution in [2.24, 2.45) is 0 Å². The van der Waals surface area contributed by atoms with Crippen molar-refractivity contribution in [1.29, 1.82) is 0 Å². The molecule has 8 heteroatoms. The van der Waals surface area contributed by atoms with E-state index in [4.69, 9.17) is 4.74 Å². The van der Waals surface area contributed by atoms with Crippen LogP contribution in [0.25, 0.3) is 10.2 Å². The number of carbonyl (C=O) groups is 2. The first kappa shape index (κ1) is 17.2. The molecule has 0 bridgehead atoms. The second-order valence-electron chi connectivity index (χ2n) is 5.73. The van der Waals surface area contributed by atoms with Crippen LogP contribution in [0.2, 0.25) is 0 Å². The molecule has 0 aromatic carbocycles. The van der Waals surface area contributed by atoms with Gasteiger partial charge >= 0.3 is 5.97 Å². The van der Waals surface area contributed by atoms with Crippen molar-refractivity contribution in [3.63, 3.8) is 0 Å². The molecule has 128 valence electrons. The molecule has 1 amide bonds. The van der Waals surface area contributed by atoms with Crippen LogP contribution in [0.15, 0.2) is 22.8 Å². The summed E-state index contributed by atoms with van der Waals surface area (Å²) in [5, 5.41) is 6.57. The van der Waals surface area contributed by atoms with Gasteiger partial charge in [-0.05, 0) is 31.2 Å². The summed E-state index contributed by atoms with van der Waals surface area (Å²) < 4.78 is 5.23. The molecule has 1 fully saturated rings. The van der Waals surface area contributed by atoms with Gasteiger partial charge in [-0.3, -0.25) is 9.59 Å². The molecule has 2 aromatic rings. The van der Waals surface area contributed by atoms with Gasteiger partial charge in [0.1, 0.15) is 16.2 Å². The summed E-state index contributed by atoms with van der Waals surface area (Å²) in [5.74, 6) is -0.526. The fraction of sp³-hybridized carbons (Fsp3) is 0.500. The normalized spacial score (nSPS) is 16.2. The summed E-state index contributed by atoms with van der Waals surface area (Å²) in [6.07, 6.45) is 5.02. The maximum Gasteiger partial charge on any atom is 0.317 e. The lowest BCUT2D eigenvalue weighted by atomic mass is 10.2. The number of rotatable bonds is 6. The highest BCUT2D eigenvalue weighted by Crippen LogP contribution is 2.27. The van der Waals surface area contributed by atoms with Gasteiger partial charge in [0.25, 0.3) is 5.91 Å². The molecule has 24 heavy (non-hydrogen) atoms. The lowest BCUT2D eigenvalue weighted by Gasteiger charge is -2.17. The Morgan fingerprint density at radius 3 is 3.00 bits per heavy atom. The summed E-state index contributed by atoms with van der Waals surface area (Å²) >= 11 is 2.83. The highest BCUT2D eigenvalue weighted by Gasteiger charge is 2.23. The molecule has 1 aliphatic rings. The van der Waals surface area contributed by atoms with Gasteiger partial charge in [0.05, 0.1) is 5.75 Å². The number of ether oxygens (including phenoxy) is 1. The molecule has 1 saturated carbocycles. The van der Waals surface area contributed by atoms with E-state index in [1.807, 2.05) is 11.4 Å². The molecule has 0 saturated heterocycles. The molecule has 0 aliphatic heterocycles. The Bertz CT molecular complexity index is 728. The summed E-state index contributed by atoms with van der Waals surface area (Å²) in [5.41, 5.74) is 0. The van der Waals surface area contributed by atoms with E-state index in [2.05, 4.69) is 15.3 Å². The molecule has 2 aromatic heterocycles. The number of thioether (sulfide) groups is 1. The number of aromatic nitrogens is 2. The molecule has 1 N–H and O–H groups in total.